The molecule has 9 heteroatoms. The lowest BCUT2D eigenvalue weighted by Crippen LogP contribution is -2.51. The molecule has 0 radical (unpaired) electrons. The molecule has 146 valence electrons. The summed E-state index contributed by atoms with van der Waals surface area (Å²) in [5.74, 6) is -1.72. The molecule has 1 saturated carbocycles. The lowest BCUT2D eigenvalue weighted by molar-refractivity contribution is -0.154. The lowest BCUT2D eigenvalue weighted by Gasteiger charge is -2.28. The highest BCUT2D eigenvalue weighted by atomic mass is 19.4. The Morgan fingerprint density at radius 3 is 2.38 bits per heavy atom. The molecular formula is C17H22F5N3O. The minimum absolute atomic E-state index is 0.0656. The van der Waals surface area contributed by atoms with Crippen LogP contribution >= 0.6 is 0 Å². The molecule has 1 aromatic rings. The molecule has 0 aromatic heterocycles. The van der Waals surface area contributed by atoms with E-state index in [1.165, 1.54) is 6.07 Å². The van der Waals surface area contributed by atoms with Crippen LogP contribution in [0.1, 0.15) is 43.7 Å². The molecule has 0 bridgehead atoms. The summed E-state index contributed by atoms with van der Waals surface area (Å²) >= 11 is 0. The quantitative estimate of drug-likeness (QED) is 0.659. The van der Waals surface area contributed by atoms with E-state index in [0.717, 1.165) is 18.9 Å². The summed E-state index contributed by atoms with van der Waals surface area (Å²) in [6.45, 7) is -0.247. The standard InChI is InChI=1S/C17H22F5N3O/c18-11-5-6-12(13(19)9-11)15(10-3-1-2-4-10)25-16(26)24-14(7-8-23)17(20,21)22/h5-6,9-10,14-15H,1-4,7-8,23H2,(H2,24,25,26). The van der Waals surface area contributed by atoms with Crippen molar-refractivity contribution in [2.24, 2.45) is 11.7 Å². The van der Waals surface area contributed by atoms with E-state index in [9.17, 15) is 26.7 Å². The number of nitrogens with two attached hydrogens (primary N) is 1. The van der Waals surface area contributed by atoms with Gasteiger partial charge in [-0.15, -0.1) is 0 Å². The van der Waals surface area contributed by atoms with Crippen molar-refractivity contribution in [3.05, 3.63) is 35.4 Å². The molecule has 1 aliphatic carbocycles. The maximum absolute atomic E-state index is 14.2. The van der Waals surface area contributed by atoms with Crippen LogP contribution in [0.4, 0.5) is 26.7 Å². The van der Waals surface area contributed by atoms with Gasteiger partial charge in [-0.25, -0.2) is 13.6 Å². The molecular weight excluding hydrogens is 357 g/mol. The molecule has 2 rings (SSSR count). The summed E-state index contributed by atoms with van der Waals surface area (Å²) in [5, 5.41) is 4.30. The van der Waals surface area contributed by atoms with E-state index < -0.39 is 42.3 Å². The minimum Gasteiger partial charge on any atom is -0.331 e. The summed E-state index contributed by atoms with van der Waals surface area (Å²) in [6, 6.07) is -0.993. The fraction of sp³-hybridized carbons (Fsp3) is 0.588. The van der Waals surface area contributed by atoms with Gasteiger partial charge < -0.3 is 16.4 Å². The van der Waals surface area contributed by atoms with Gasteiger partial charge in [0.15, 0.2) is 0 Å². The summed E-state index contributed by atoms with van der Waals surface area (Å²) in [6.07, 6.45) is -1.94. The van der Waals surface area contributed by atoms with Gasteiger partial charge in [-0.3, -0.25) is 0 Å². The molecule has 2 atom stereocenters. The van der Waals surface area contributed by atoms with Crippen LogP contribution in [0.15, 0.2) is 18.2 Å². The highest BCUT2D eigenvalue weighted by Gasteiger charge is 2.40. The number of urea groups is 1. The van der Waals surface area contributed by atoms with Crippen molar-refractivity contribution in [1.29, 1.82) is 0 Å². The number of nitrogens with one attached hydrogen (secondary N) is 2. The zero-order valence-corrected chi connectivity index (χ0v) is 14.1. The Morgan fingerprint density at radius 2 is 1.85 bits per heavy atom. The highest BCUT2D eigenvalue weighted by molar-refractivity contribution is 5.75. The zero-order valence-electron chi connectivity index (χ0n) is 14.1. The topological polar surface area (TPSA) is 67.1 Å². The van der Waals surface area contributed by atoms with Crippen LogP contribution in [0.25, 0.3) is 0 Å². The fourth-order valence-electron chi connectivity index (χ4n) is 3.32. The predicted octanol–water partition coefficient (Wildman–Crippen LogP) is 3.78. The number of carbonyl (C=O) groups is 1. The van der Waals surface area contributed by atoms with Crippen molar-refractivity contribution >= 4 is 6.03 Å². The first-order valence-electron chi connectivity index (χ1n) is 8.51. The number of halogens is 5. The molecule has 2 amide bonds. The molecule has 4 N–H and O–H groups in total. The van der Waals surface area contributed by atoms with Gasteiger partial charge in [0.2, 0.25) is 0 Å². The monoisotopic (exact) mass is 379 g/mol. The van der Waals surface area contributed by atoms with Crippen molar-refractivity contribution in [2.75, 3.05) is 6.54 Å². The summed E-state index contributed by atoms with van der Waals surface area (Å²) in [4.78, 5) is 12.1. The van der Waals surface area contributed by atoms with E-state index in [1.54, 1.807) is 0 Å². The summed E-state index contributed by atoms with van der Waals surface area (Å²) < 4.78 is 66.1. The fourth-order valence-corrected chi connectivity index (χ4v) is 3.32. The minimum atomic E-state index is -4.64. The van der Waals surface area contributed by atoms with Crippen molar-refractivity contribution in [2.45, 2.75) is 50.4 Å². The average Bonchev–Trinajstić information content (AvgIpc) is 3.06. The average molecular weight is 379 g/mol. The SMILES string of the molecule is NCCC(NC(=O)NC(c1ccc(F)cc1F)C1CCCC1)C(F)(F)F. The third kappa shape index (κ3) is 5.30. The molecule has 0 aliphatic heterocycles. The Morgan fingerprint density at radius 1 is 1.19 bits per heavy atom. The van der Waals surface area contributed by atoms with Gasteiger partial charge in [-0.1, -0.05) is 18.9 Å². The van der Waals surface area contributed by atoms with Crippen LogP contribution in [0.3, 0.4) is 0 Å². The maximum atomic E-state index is 14.2. The second kappa shape index (κ2) is 8.66. The van der Waals surface area contributed by atoms with E-state index in [1.807, 2.05) is 5.32 Å². The number of amides is 2. The van der Waals surface area contributed by atoms with Crippen LogP contribution < -0.4 is 16.4 Å². The van der Waals surface area contributed by atoms with Crippen molar-refractivity contribution < 1.29 is 26.7 Å². The smallest absolute Gasteiger partial charge is 0.331 e. The molecule has 4 nitrogen and oxygen atoms in total. The number of benzene rings is 1. The normalized spacial score (nSPS) is 17.8. The van der Waals surface area contributed by atoms with Crippen LogP contribution in [-0.4, -0.2) is 24.8 Å². The zero-order chi connectivity index (χ0) is 19.3. The number of carbonyl (C=O) groups excluding carboxylic acids is 1. The van der Waals surface area contributed by atoms with Gasteiger partial charge in [0, 0.05) is 11.6 Å². The van der Waals surface area contributed by atoms with Gasteiger partial charge in [0.1, 0.15) is 17.7 Å². The number of hydrogen-bond donors (Lipinski definition) is 3. The van der Waals surface area contributed by atoms with Gasteiger partial charge in [0.05, 0.1) is 6.04 Å². The second-order valence-electron chi connectivity index (χ2n) is 6.48. The Kier molecular flexibility index (Phi) is 6.80. The molecule has 0 spiro atoms. The number of rotatable bonds is 6. The molecule has 1 fully saturated rings. The first-order valence-corrected chi connectivity index (χ1v) is 8.51. The van der Waals surface area contributed by atoms with Crippen LogP contribution in [0, 0.1) is 17.6 Å². The Labute approximate surface area is 148 Å². The highest BCUT2D eigenvalue weighted by Crippen LogP contribution is 2.36. The first kappa shape index (κ1) is 20.4. The van der Waals surface area contributed by atoms with Gasteiger partial charge in [0.25, 0.3) is 0 Å². The van der Waals surface area contributed by atoms with Gasteiger partial charge in [-0.05, 0) is 37.8 Å². The van der Waals surface area contributed by atoms with Crippen molar-refractivity contribution in [1.82, 2.24) is 10.6 Å². The second-order valence-corrected chi connectivity index (χ2v) is 6.48. The third-order valence-electron chi connectivity index (χ3n) is 4.61. The van der Waals surface area contributed by atoms with E-state index >= 15 is 0 Å². The van der Waals surface area contributed by atoms with Crippen LogP contribution in [-0.2, 0) is 0 Å². The van der Waals surface area contributed by atoms with E-state index in [-0.39, 0.29) is 18.0 Å². The van der Waals surface area contributed by atoms with E-state index in [4.69, 9.17) is 5.73 Å². The van der Waals surface area contributed by atoms with E-state index in [0.29, 0.717) is 18.9 Å². The maximum Gasteiger partial charge on any atom is 0.408 e. The van der Waals surface area contributed by atoms with Crippen molar-refractivity contribution in [3.8, 4) is 0 Å². The number of hydrogen-bond acceptors (Lipinski definition) is 2. The van der Waals surface area contributed by atoms with Crippen molar-refractivity contribution in [3.63, 3.8) is 0 Å². The molecule has 0 heterocycles. The predicted molar refractivity (Wildman–Crippen MR) is 86.2 cm³/mol. The Hall–Kier alpha value is -1.90. The summed E-state index contributed by atoms with van der Waals surface area (Å²) in [5.41, 5.74) is 5.24. The van der Waals surface area contributed by atoms with Crippen LogP contribution in [0.2, 0.25) is 0 Å². The molecule has 1 aromatic carbocycles. The third-order valence-corrected chi connectivity index (χ3v) is 4.61. The molecule has 1 aliphatic rings. The molecule has 0 saturated heterocycles. The Bertz CT molecular complexity index is 617. The van der Waals surface area contributed by atoms with Gasteiger partial charge in [-0.2, -0.15) is 13.2 Å². The molecule has 26 heavy (non-hydrogen) atoms. The lowest BCUT2D eigenvalue weighted by atomic mass is 9.91. The van der Waals surface area contributed by atoms with Crippen LogP contribution in [0.5, 0.6) is 0 Å². The number of alkyl halides is 3. The molecule has 2 unspecified atom stereocenters. The van der Waals surface area contributed by atoms with Gasteiger partial charge >= 0.3 is 12.2 Å². The largest absolute Gasteiger partial charge is 0.408 e. The van der Waals surface area contributed by atoms with E-state index in [2.05, 4.69) is 5.32 Å². The summed E-state index contributed by atoms with van der Waals surface area (Å²) in [7, 11) is 0. The Balaban J connectivity index is 2.17. The first-order chi connectivity index (χ1) is 12.2.